The number of carbonyl (C=O) groups is 1. The molecule has 20 heavy (non-hydrogen) atoms. The van der Waals surface area contributed by atoms with Crippen molar-refractivity contribution < 1.29 is 9.90 Å². The lowest BCUT2D eigenvalue weighted by Gasteiger charge is -2.03. The van der Waals surface area contributed by atoms with Crippen molar-refractivity contribution in [2.45, 2.75) is 97.3 Å². The van der Waals surface area contributed by atoms with Gasteiger partial charge in [0.05, 0.1) is 0 Å². The Hall–Kier alpha value is -0.790. The van der Waals surface area contributed by atoms with Gasteiger partial charge in [-0.25, -0.2) is 0 Å². The molecule has 0 aliphatic carbocycles. The highest BCUT2D eigenvalue weighted by molar-refractivity contribution is 5.66. The molecule has 0 atom stereocenters. The fourth-order valence-corrected chi connectivity index (χ4v) is 2.41. The summed E-state index contributed by atoms with van der Waals surface area (Å²) in [6.45, 7) is 4.50. The van der Waals surface area contributed by atoms with E-state index >= 15 is 0 Å². The number of hydrogen-bond acceptors (Lipinski definition) is 1. The molecule has 0 aromatic rings. The van der Waals surface area contributed by atoms with E-state index in [9.17, 15) is 4.79 Å². The zero-order valence-electron chi connectivity index (χ0n) is 13.6. The van der Waals surface area contributed by atoms with Gasteiger partial charge in [-0.3, -0.25) is 4.79 Å². The van der Waals surface area contributed by atoms with Gasteiger partial charge in [-0.05, 0) is 39.0 Å². The van der Waals surface area contributed by atoms with Crippen LogP contribution in [0.1, 0.15) is 97.3 Å². The smallest absolute Gasteiger partial charge is 0.303 e. The van der Waals surface area contributed by atoms with Crippen molar-refractivity contribution in [1.82, 2.24) is 0 Å². The number of allylic oxidation sites excluding steroid dienone is 2. The van der Waals surface area contributed by atoms with Crippen molar-refractivity contribution in [3.8, 4) is 0 Å². The molecule has 0 aliphatic heterocycles. The highest BCUT2D eigenvalue weighted by Crippen LogP contribution is 2.13. The summed E-state index contributed by atoms with van der Waals surface area (Å²) in [7, 11) is 0. The van der Waals surface area contributed by atoms with E-state index in [4.69, 9.17) is 5.11 Å². The lowest BCUT2D eigenvalue weighted by Crippen LogP contribution is -1.93. The van der Waals surface area contributed by atoms with Gasteiger partial charge in [0.1, 0.15) is 0 Å². The van der Waals surface area contributed by atoms with Gasteiger partial charge in [-0.2, -0.15) is 0 Å². The Morgan fingerprint density at radius 1 is 0.850 bits per heavy atom. The number of rotatable bonds is 14. The molecule has 0 bridgehead atoms. The van der Waals surface area contributed by atoms with Gasteiger partial charge in [0.2, 0.25) is 0 Å². The van der Waals surface area contributed by atoms with Crippen LogP contribution in [0.5, 0.6) is 0 Å². The van der Waals surface area contributed by atoms with E-state index in [-0.39, 0.29) is 0 Å². The van der Waals surface area contributed by atoms with Gasteiger partial charge in [-0.1, -0.05) is 63.5 Å². The summed E-state index contributed by atoms with van der Waals surface area (Å²) in [5, 5.41) is 8.53. The molecule has 0 saturated heterocycles. The van der Waals surface area contributed by atoms with Crippen LogP contribution >= 0.6 is 0 Å². The average molecular weight is 282 g/mol. The lowest BCUT2D eigenvalue weighted by atomic mass is 10.0. The van der Waals surface area contributed by atoms with Crippen LogP contribution in [0.25, 0.3) is 0 Å². The average Bonchev–Trinajstić information content (AvgIpc) is 2.41. The Balaban J connectivity index is 3.31. The first-order chi connectivity index (χ1) is 9.66. The number of unbranched alkanes of at least 4 members (excludes halogenated alkanes) is 9. The van der Waals surface area contributed by atoms with Crippen LogP contribution in [-0.2, 0) is 4.79 Å². The summed E-state index contributed by atoms with van der Waals surface area (Å²) in [6.07, 6.45) is 17.6. The first-order valence-electron chi connectivity index (χ1n) is 8.54. The second kappa shape index (κ2) is 14.6. The maximum atomic E-state index is 10.4. The minimum atomic E-state index is -0.667. The molecule has 0 rings (SSSR count). The fourth-order valence-electron chi connectivity index (χ4n) is 2.41. The third-order valence-corrected chi connectivity index (χ3v) is 3.76. The molecule has 0 aliphatic rings. The normalized spacial score (nSPS) is 11.8. The molecule has 0 aromatic heterocycles. The van der Waals surface area contributed by atoms with Crippen LogP contribution in [0.2, 0.25) is 0 Å². The van der Waals surface area contributed by atoms with Crippen LogP contribution in [-0.4, -0.2) is 11.1 Å². The molecule has 0 amide bonds. The fraction of sp³-hybridized carbons (Fsp3) is 0.833. The van der Waals surface area contributed by atoms with Crippen LogP contribution < -0.4 is 0 Å². The third kappa shape index (κ3) is 15.3. The Morgan fingerprint density at radius 2 is 1.40 bits per heavy atom. The van der Waals surface area contributed by atoms with E-state index in [0.717, 1.165) is 25.7 Å². The highest BCUT2D eigenvalue weighted by Gasteiger charge is 1.96. The summed E-state index contributed by atoms with van der Waals surface area (Å²) < 4.78 is 0. The summed E-state index contributed by atoms with van der Waals surface area (Å²) >= 11 is 0. The summed E-state index contributed by atoms with van der Waals surface area (Å²) in [4.78, 5) is 10.4. The predicted octanol–water partition coefficient (Wildman–Crippen LogP) is 6.11. The van der Waals surface area contributed by atoms with Gasteiger partial charge in [-0.15, -0.1) is 0 Å². The molecule has 0 unspecified atom stereocenters. The molecule has 118 valence electrons. The summed E-state index contributed by atoms with van der Waals surface area (Å²) in [5.74, 6) is -0.667. The Bertz CT molecular complexity index is 256. The third-order valence-electron chi connectivity index (χ3n) is 3.76. The molecule has 1 N–H and O–H groups in total. The van der Waals surface area contributed by atoms with Gasteiger partial charge in [0.25, 0.3) is 0 Å². The molecule has 0 heterocycles. The van der Waals surface area contributed by atoms with Crippen molar-refractivity contribution in [3.63, 3.8) is 0 Å². The van der Waals surface area contributed by atoms with Gasteiger partial charge in [0.15, 0.2) is 0 Å². The van der Waals surface area contributed by atoms with E-state index in [1.807, 2.05) is 0 Å². The standard InChI is InChI=1S/C18H34O2/c1-3-4-5-6-8-11-14-17(2)15-12-9-7-10-13-16-18(19)20/h15H,3-14,16H2,1-2H3,(H,19,20). The molecule has 0 spiro atoms. The van der Waals surface area contributed by atoms with Gasteiger partial charge >= 0.3 is 5.97 Å². The largest absolute Gasteiger partial charge is 0.481 e. The number of carboxylic acid groups (broad SMARTS) is 1. The zero-order valence-corrected chi connectivity index (χ0v) is 13.6. The summed E-state index contributed by atoms with van der Waals surface area (Å²) in [5.41, 5.74) is 1.53. The minimum Gasteiger partial charge on any atom is -0.481 e. The van der Waals surface area contributed by atoms with Gasteiger partial charge < -0.3 is 5.11 Å². The predicted molar refractivity (Wildman–Crippen MR) is 87.1 cm³/mol. The highest BCUT2D eigenvalue weighted by atomic mass is 16.4. The molecular weight excluding hydrogens is 248 g/mol. The van der Waals surface area contributed by atoms with Crippen molar-refractivity contribution in [2.75, 3.05) is 0 Å². The molecule has 0 fully saturated rings. The van der Waals surface area contributed by atoms with Gasteiger partial charge in [0, 0.05) is 6.42 Å². The topological polar surface area (TPSA) is 37.3 Å². The first kappa shape index (κ1) is 19.2. The Kier molecular flexibility index (Phi) is 14.0. The number of aliphatic carboxylic acids is 1. The lowest BCUT2D eigenvalue weighted by molar-refractivity contribution is -0.137. The minimum absolute atomic E-state index is 0.326. The van der Waals surface area contributed by atoms with Crippen LogP contribution in [0.15, 0.2) is 11.6 Å². The zero-order chi connectivity index (χ0) is 15.1. The Labute approximate surface area is 125 Å². The maximum absolute atomic E-state index is 10.4. The van der Waals surface area contributed by atoms with Crippen LogP contribution in [0.3, 0.4) is 0 Å². The molecule has 0 aromatic carbocycles. The van der Waals surface area contributed by atoms with Crippen LogP contribution in [0, 0.1) is 0 Å². The molecule has 0 saturated carbocycles. The molecule has 0 radical (unpaired) electrons. The second-order valence-electron chi connectivity index (χ2n) is 5.91. The molecular formula is C18H34O2. The van der Waals surface area contributed by atoms with E-state index in [0.29, 0.717) is 6.42 Å². The number of carboxylic acids is 1. The molecule has 2 heteroatoms. The monoisotopic (exact) mass is 282 g/mol. The second-order valence-corrected chi connectivity index (χ2v) is 5.91. The van der Waals surface area contributed by atoms with E-state index < -0.39 is 5.97 Å². The van der Waals surface area contributed by atoms with Crippen molar-refractivity contribution >= 4 is 5.97 Å². The van der Waals surface area contributed by atoms with Crippen molar-refractivity contribution in [3.05, 3.63) is 11.6 Å². The van der Waals surface area contributed by atoms with Crippen LogP contribution in [0.4, 0.5) is 0 Å². The van der Waals surface area contributed by atoms with E-state index in [1.54, 1.807) is 0 Å². The van der Waals surface area contributed by atoms with Crippen molar-refractivity contribution in [2.24, 2.45) is 0 Å². The molecule has 2 nitrogen and oxygen atoms in total. The first-order valence-corrected chi connectivity index (χ1v) is 8.54. The number of hydrogen-bond donors (Lipinski definition) is 1. The summed E-state index contributed by atoms with van der Waals surface area (Å²) in [6, 6.07) is 0. The van der Waals surface area contributed by atoms with E-state index in [2.05, 4.69) is 19.9 Å². The Morgan fingerprint density at radius 3 is 2.05 bits per heavy atom. The quantitative estimate of drug-likeness (QED) is 0.308. The SMILES string of the molecule is CCCCCCCCC(C)=CCCCCCCC(=O)O. The van der Waals surface area contributed by atoms with E-state index in [1.165, 1.54) is 56.9 Å². The maximum Gasteiger partial charge on any atom is 0.303 e. The van der Waals surface area contributed by atoms with Crippen molar-refractivity contribution in [1.29, 1.82) is 0 Å².